The van der Waals surface area contributed by atoms with Gasteiger partial charge in [0, 0.05) is 26.2 Å². The van der Waals surface area contributed by atoms with E-state index in [4.69, 9.17) is 4.74 Å². The SMILES string of the molecule is COCC1=CCN(CCCCNC(C)C)CC1. The van der Waals surface area contributed by atoms with E-state index in [1.807, 2.05) is 0 Å². The zero-order valence-corrected chi connectivity index (χ0v) is 11.7. The fourth-order valence-electron chi connectivity index (χ4n) is 2.12. The van der Waals surface area contributed by atoms with Crippen molar-refractivity contribution in [3.05, 3.63) is 11.6 Å². The van der Waals surface area contributed by atoms with Gasteiger partial charge in [-0.1, -0.05) is 19.9 Å². The van der Waals surface area contributed by atoms with E-state index in [2.05, 4.69) is 30.1 Å². The maximum atomic E-state index is 5.16. The molecule has 0 spiro atoms. The number of ether oxygens (including phenoxy) is 1. The van der Waals surface area contributed by atoms with Crippen molar-refractivity contribution in [3.63, 3.8) is 0 Å². The molecule has 0 amide bonds. The summed E-state index contributed by atoms with van der Waals surface area (Å²) in [5.41, 5.74) is 1.46. The molecule has 1 aliphatic rings. The number of rotatable bonds is 8. The van der Waals surface area contributed by atoms with Gasteiger partial charge in [0.25, 0.3) is 0 Å². The van der Waals surface area contributed by atoms with Crippen LogP contribution in [0.4, 0.5) is 0 Å². The van der Waals surface area contributed by atoms with Crippen LogP contribution in [0.1, 0.15) is 33.1 Å². The first-order chi connectivity index (χ1) is 8.22. The van der Waals surface area contributed by atoms with Crippen LogP contribution in [0.15, 0.2) is 11.6 Å². The summed E-state index contributed by atoms with van der Waals surface area (Å²) < 4.78 is 5.16. The van der Waals surface area contributed by atoms with Crippen LogP contribution in [0, 0.1) is 0 Å². The lowest BCUT2D eigenvalue weighted by Crippen LogP contribution is -2.31. The molecule has 0 bridgehead atoms. The average molecular weight is 240 g/mol. The molecule has 0 aliphatic carbocycles. The minimum Gasteiger partial charge on any atom is -0.380 e. The largest absolute Gasteiger partial charge is 0.380 e. The van der Waals surface area contributed by atoms with Crippen LogP contribution in [0.5, 0.6) is 0 Å². The fraction of sp³-hybridized carbons (Fsp3) is 0.857. The van der Waals surface area contributed by atoms with Gasteiger partial charge in [0.15, 0.2) is 0 Å². The van der Waals surface area contributed by atoms with E-state index in [9.17, 15) is 0 Å². The highest BCUT2D eigenvalue weighted by Crippen LogP contribution is 2.11. The summed E-state index contributed by atoms with van der Waals surface area (Å²) in [6.45, 7) is 9.90. The number of hydrogen-bond acceptors (Lipinski definition) is 3. The number of unbranched alkanes of at least 4 members (excludes halogenated alkanes) is 1. The number of methoxy groups -OCH3 is 1. The fourth-order valence-corrected chi connectivity index (χ4v) is 2.12. The van der Waals surface area contributed by atoms with E-state index in [1.54, 1.807) is 7.11 Å². The summed E-state index contributed by atoms with van der Waals surface area (Å²) in [7, 11) is 1.77. The van der Waals surface area contributed by atoms with Crippen molar-refractivity contribution in [2.24, 2.45) is 0 Å². The first-order valence-electron chi connectivity index (χ1n) is 6.85. The van der Waals surface area contributed by atoms with Gasteiger partial charge in [0.2, 0.25) is 0 Å². The summed E-state index contributed by atoms with van der Waals surface area (Å²) in [4.78, 5) is 2.54. The molecular weight excluding hydrogens is 212 g/mol. The molecule has 0 fully saturated rings. The van der Waals surface area contributed by atoms with Gasteiger partial charge < -0.3 is 10.1 Å². The first kappa shape index (κ1) is 14.7. The maximum absolute atomic E-state index is 5.16. The second kappa shape index (κ2) is 8.67. The van der Waals surface area contributed by atoms with E-state index >= 15 is 0 Å². The van der Waals surface area contributed by atoms with Crippen LogP contribution in [0.3, 0.4) is 0 Å². The van der Waals surface area contributed by atoms with Crippen LogP contribution < -0.4 is 5.32 Å². The van der Waals surface area contributed by atoms with Crippen LogP contribution >= 0.6 is 0 Å². The molecule has 0 aromatic carbocycles. The van der Waals surface area contributed by atoms with Gasteiger partial charge in [-0.15, -0.1) is 0 Å². The molecule has 0 radical (unpaired) electrons. The monoisotopic (exact) mass is 240 g/mol. The Labute approximate surface area is 106 Å². The molecule has 0 saturated carbocycles. The molecule has 0 saturated heterocycles. The molecule has 0 atom stereocenters. The third-order valence-electron chi connectivity index (χ3n) is 3.17. The van der Waals surface area contributed by atoms with Crippen molar-refractivity contribution in [2.45, 2.75) is 39.2 Å². The minimum atomic E-state index is 0.615. The van der Waals surface area contributed by atoms with Crippen molar-refractivity contribution >= 4 is 0 Å². The molecule has 3 heteroatoms. The standard InChI is InChI=1S/C14H28N2O/c1-13(2)15-8-4-5-9-16-10-6-14(7-11-16)12-17-3/h6,13,15H,4-5,7-12H2,1-3H3. The molecular formula is C14H28N2O. The molecule has 3 nitrogen and oxygen atoms in total. The summed E-state index contributed by atoms with van der Waals surface area (Å²) in [5.74, 6) is 0. The zero-order valence-electron chi connectivity index (χ0n) is 11.7. The average Bonchev–Trinajstić information content (AvgIpc) is 2.31. The van der Waals surface area contributed by atoms with Gasteiger partial charge in [-0.2, -0.15) is 0 Å². The number of nitrogens with zero attached hydrogens (tertiary/aromatic N) is 1. The predicted octanol–water partition coefficient (Wildman–Crippen LogP) is 2.04. The number of nitrogens with one attached hydrogen (secondary N) is 1. The Morgan fingerprint density at radius 1 is 1.41 bits per heavy atom. The third kappa shape index (κ3) is 6.81. The van der Waals surface area contributed by atoms with Crippen LogP contribution in [0.25, 0.3) is 0 Å². The first-order valence-corrected chi connectivity index (χ1v) is 6.85. The topological polar surface area (TPSA) is 24.5 Å². The summed E-state index contributed by atoms with van der Waals surface area (Å²) in [5, 5.41) is 3.46. The Morgan fingerprint density at radius 2 is 2.24 bits per heavy atom. The lowest BCUT2D eigenvalue weighted by atomic mass is 10.1. The van der Waals surface area contributed by atoms with Gasteiger partial charge in [-0.25, -0.2) is 0 Å². The maximum Gasteiger partial charge on any atom is 0.0673 e. The van der Waals surface area contributed by atoms with Crippen molar-refractivity contribution in [3.8, 4) is 0 Å². The highest BCUT2D eigenvalue weighted by atomic mass is 16.5. The van der Waals surface area contributed by atoms with E-state index in [0.29, 0.717) is 6.04 Å². The summed E-state index contributed by atoms with van der Waals surface area (Å²) >= 11 is 0. The molecule has 0 aromatic heterocycles. The lowest BCUT2D eigenvalue weighted by molar-refractivity contribution is 0.211. The van der Waals surface area contributed by atoms with E-state index in [-0.39, 0.29) is 0 Å². The Bertz CT molecular complexity index is 226. The minimum absolute atomic E-state index is 0.615. The van der Waals surface area contributed by atoms with E-state index in [0.717, 1.165) is 19.7 Å². The molecule has 1 N–H and O–H groups in total. The van der Waals surface area contributed by atoms with Crippen molar-refractivity contribution in [1.82, 2.24) is 10.2 Å². The smallest absolute Gasteiger partial charge is 0.0673 e. The zero-order chi connectivity index (χ0) is 12.5. The highest BCUT2D eigenvalue weighted by Gasteiger charge is 2.10. The molecule has 0 unspecified atom stereocenters. The second-order valence-electron chi connectivity index (χ2n) is 5.16. The molecule has 0 aromatic rings. The van der Waals surface area contributed by atoms with Crippen molar-refractivity contribution in [2.75, 3.05) is 39.9 Å². The molecule has 100 valence electrons. The van der Waals surface area contributed by atoms with E-state index in [1.165, 1.54) is 37.9 Å². The highest BCUT2D eigenvalue weighted by molar-refractivity contribution is 5.07. The Morgan fingerprint density at radius 3 is 2.82 bits per heavy atom. The summed E-state index contributed by atoms with van der Waals surface area (Å²) in [6.07, 6.45) is 6.09. The van der Waals surface area contributed by atoms with Gasteiger partial charge in [0.05, 0.1) is 6.61 Å². The summed E-state index contributed by atoms with van der Waals surface area (Å²) in [6, 6.07) is 0.615. The van der Waals surface area contributed by atoms with Crippen molar-refractivity contribution in [1.29, 1.82) is 0 Å². The number of hydrogen-bond donors (Lipinski definition) is 1. The third-order valence-corrected chi connectivity index (χ3v) is 3.17. The van der Waals surface area contributed by atoms with Crippen LogP contribution in [-0.4, -0.2) is 50.8 Å². The van der Waals surface area contributed by atoms with E-state index < -0.39 is 0 Å². The molecule has 1 aliphatic heterocycles. The van der Waals surface area contributed by atoms with Crippen LogP contribution in [0.2, 0.25) is 0 Å². The predicted molar refractivity (Wildman–Crippen MR) is 73.4 cm³/mol. The van der Waals surface area contributed by atoms with Crippen LogP contribution in [-0.2, 0) is 4.74 Å². The van der Waals surface area contributed by atoms with Crippen molar-refractivity contribution < 1.29 is 4.74 Å². The Kier molecular flexibility index (Phi) is 7.49. The van der Waals surface area contributed by atoms with Gasteiger partial charge in [-0.3, -0.25) is 4.90 Å². The normalized spacial score (nSPS) is 17.5. The Balaban J connectivity index is 2.02. The Hall–Kier alpha value is -0.380. The lowest BCUT2D eigenvalue weighted by Gasteiger charge is -2.26. The van der Waals surface area contributed by atoms with Gasteiger partial charge in [0.1, 0.15) is 0 Å². The molecule has 1 rings (SSSR count). The quantitative estimate of drug-likeness (QED) is 0.519. The second-order valence-corrected chi connectivity index (χ2v) is 5.16. The molecule has 1 heterocycles. The van der Waals surface area contributed by atoms with Gasteiger partial charge in [-0.05, 0) is 37.9 Å². The molecule has 17 heavy (non-hydrogen) atoms. The van der Waals surface area contributed by atoms with Gasteiger partial charge >= 0.3 is 0 Å².